The fraction of sp³-hybridized carbons (Fsp3) is 0.379. The highest BCUT2D eigenvalue weighted by atomic mass is 35.5. The standard InChI is InChI=1S/C29H31ClN6O3/c1-3-17(2)26-34-27(21-15-31-36(28(21)35-26)23-7-5-4-6-22(23)30)32-19-9-11-20(12-10-19)33-29(37)18-8-13-24-25(14-18)39-16-38-24/h4-8,13-15,17,19-20H,3,9-12,16H2,1-2H3,(H,33,37)(H,32,34,35). The molecule has 2 aromatic heterocycles. The van der Waals surface area contributed by atoms with Crippen molar-refractivity contribution >= 4 is 34.4 Å². The molecule has 10 heteroatoms. The maximum absolute atomic E-state index is 12.8. The molecule has 202 valence electrons. The normalized spacial score (nSPS) is 19.2. The van der Waals surface area contributed by atoms with Crippen molar-refractivity contribution < 1.29 is 14.3 Å². The zero-order valence-electron chi connectivity index (χ0n) is 22.0. The molecule has 0 saturated heterocycles. The van der Waals surface area contributed by atoms with E-state index in [1.54, 1.807) is 29.1 Å². The highest BCUT2D eigenvalue weighted by Crippen LogP contribution is 2.33. The van der Waals surface area contributed by atoms with Crippen LogP contribution in [0.25, 0.3) is 16.7 Å². The Labute approximate surface area is 231 Å². The number of hydrogen-bond acceptors (Lipinski definition) is 7. The molecule has 2 aliphatic rings. The molecule has 0 radical (unpaired) electrons. The number of hydrogen-bond donors (Lipinski definition) is 2. The van der Waals surface area contributed by atoms with Gasteiger partial charge in [0.05, 0.1) is 22.3 Å². The minimum Gasteiger partial charge on any atom is -0.454 e. The predicted octanol–water partition coefficient (Wildman–Crippen LogP) is 5.86. The van der Waals surface area contributed by atoms with Crippen LogP contribution in [-0.2, 0) is 0 Å². The first kappa shape index (κ1) is 25.4. The van der Waals surface area contributed by atoms with Gasteiger partial charge in [0.25, 0.3) is 5.91 Å². The SMILES string of the molecule is CCC(C)c1nc(NC2CCC(NC(=O)c3ccc4c(c3)OCO4)CC2)c2cnn(-c3ccccc3Cl)c2n1. The van der Waals surface area contributed by atoms with E-state index in [2.05, 4.69) is 29.6 Å². The van der Waals surface area contributed by atoms with Crippen LogP contribution in [0.15, 0.2) is 48.7 Å². The number of halogens is 1. The molecule has 0 bridgehead atoms. The number of rotatable bonds is 7. The summed E-state index contributed by atoms with van der Waals surface area (Å²) in [5.74, 6) is 2.97. The van der Waals surface area contributed by atoms with Gasteiger partial charge in [-0.3, -0.25) is 4.79 Å². The molecular weight excluding hydrogens is 516 g/mol. The molecule has 0 spiro atoms. The van der Waals surface area contributed by atoms with Gasteiger partial charge in [-0.05, 0) is 62.4 Å². The number of ether oxygens (including phenoxy) is 2. The van der Waals surface area contributed by atoms with Crippen molar-refractivity contribution in [3.05, 3.63) is 65.1 Å². The van der Waals surface area contributed by atoms with Crippen LogP contribution in [0.3, 0.4) is 0 Å². The molecule has 4 aromatic rings. The van der Waals surface area contributed by atoms with Crippen molar-refractivity contribution in [3.8, 4) is 17.2 Å². The summed E-state index contributed by atoms with van der Waals surface area (Å²) in [4.78, 5) is 22.7. The van der Waals surface area contributed by atoms with Crippen molar-refractivity contribution in [3.63, 3.8) is 0 Å². The van der Waals surface area contributed by atoms with E-state index < -0.39 is 0 Å². The summed E-state index contributed by atoms with van der Waals surface area (Å²) >= 11 is 6.49. The lowest BCUT2D eigenvalue weighted by Gasteiger charge is -2.30. The van der Waals surface area contributed by atoms with Gasteiger partial charge >= 0.3 is 0 Å². The zero-order chi connectivity index (χ0) is 26.9. The largest absolute Gasteiger partial charge is 0.454 e. The van der Waals surface area contributed by atoms with Gasteiger partial charge in [0, 0.05) is 23.6 Å². The fourth-order valence-electron chi connectivity index (χ4n) is 5.12. The minimum atomic E-state index is -0.0904. The van der Waals surface area contributed by atoms with Crippen LogP contribution in [0.5, 0.6) is 11.5 Å². The maximum Gasteiger partial charge on any atom is 0.251 e. The lowest BCUT2D eigenvalue weighted by molar-refractivity contribution is 0.0926. The van der Waals surface area contributed by atoms with Gasteiger partial charge in [-0.2, -0.15) is 5.10 Å². The lowest BCUT2D eigenvalue weighted by atomic mass is 9.91. The van der Waals surface area contributed by atoms with E-state index in [-0.39, 0.29) is 30.7 Å². The van der Waals surface area contributed by atoms with Crippen LogP contribution in [0.4, 0.5) is 5.82 Å². The van der Waals surface area contributed by atoms with Gasteiger partial charge in [-0.15, -0.1) is 0 Å². The number of nitrogens with zero attached hydrogens (tertiary/aromatic N) is 4. The van der Waals surface area contributed by atoms with Gasteiger partial charge in [-0.1, -0.05) is 37.6 Å². The van der Waals surface area contributed by atoms with Crippen LogP contribution in [0, 0.1) is 0 Å². The zero-order valence-corrected chi connectivity index (χ0v) is 22.7. The molecule has 1 aliphatic heterocycles. The number of carbonyl (C=O) groups is 1. The second-order valence-corrected chi connectivity index (χ2v) is 10.6. The van der Waals surface area contributed by atoms with Crippen molar-refractivity contribution in [2.24, 2.45) is 0 Å². The highest BCUT2D eigenvalue weighted by molar-refractivity contribution is 6.32. The number of anilines is 1. The van der Waals surface area contributed by atoms with E-state index in [1.165, 1.54) is 0 Å². The van der Waals surface area contributed by atoms with Crippen LogP contribution in [0.1, 0.15) is 68.1 Å². The third-order valence-electron chi connectivity index (χ3n) is 7.62. The molecule has 1 saturated carbocycles. The lowest BCUT2D eigenvalue weighted by Crippen LogP contribution is -2.40. The molecule has 1 fully saturated rings. The molecule has 1 unspecified atom stereocenters. The topological polar surface area (TPSA) is 103 Å². The summed E-state index contributed by atoms with van der Waals surface area (Å²) < 4.78 is 12.5. The number of amides is 1. The molecule has 1 atom stereocenters. The number of nitrogens with one attached hydrogen (secondary N) is 2. The molecule has 1 amide bonds. The Morgan fingerprint density at radius 2 is 1.85 bits per heavy atom. The van der Waals surface area contributed by atoms with Gasteiger partial charge in [-0.25, -0.2) is 14.6 Å². The van der Waals surface area contributed by atoms with Crippen LogP contribution in [0.2, 0.25) is 5.02 Å². The first-order valence-electron chi connectivity index (χ1n) is 13.5. The molecule has 3 heterocycles. The van der Waals surface area contributed by atoms with Gasteiger partial charge in [0.1, 0.15) is 11.6 Å². The molecule has 6 rings (SSSR count). The monoisotopic (exact) mass is 546 g/mol. The first-order valence-corrected chi connectivity index (χ1v) is 13.9. The molecule has 39 heavy (non-hydrogen) atoms. The van der Waals surface area contributed by atoms with Gasteiger partial charge in [0.2, 0.25) is 6.79 Å². The Kier molecular flexibility index (Phi) is 6.99. The fourth-order valence-corrected chi connectivity index (χ4v) is 5.34. The Bertz CT molecular complexity index is 1510. The van der Waals surface area contributed by atoms with E-state index in [0.717, 1.165) is 60.5 Å². The first-order chi connectivity index (χ1) is 19.0. The third-order valence-corrected chi connectivity index (χ3v) is 7.94. The summed E-state index contributed by atoms with van der Waals surface area (Å²) in [6, 6.07) is 13.3. The Hall–Kier alpha value is -3.85. The van der Waals surface area contributed by atoms with Crippen LogP contribution >= 0.6 is 11.6 Å². The molecule has 1 aliphatic carbocycles. The van der Waals surface area contributed by atoms with Crippen molar-refractivity contribution in [2.45, 2.75) is 64.0 Å². The predicted molar refractivity (Wildman–Crippen MR) is 150 cm³/mol. The molecular formula is C29H31ClN6O3. The molecule has 2 aromatic carbocycles. The third kappa shape index (κ3) is 5.11. The number of para-hydroxylation sites is 1. The van der Waals surface area contributed by atoms with Crippen molar-refractivity contribution in [1.29, 1.82) is 0 Å². The van der Waals surface area contributed by atoms with E-state index >= 15 is 0 Å². The summed E-state index contributed by atoms with van der Waals surface area (Å²) in [6.45, 7) is 4.46. The maximum atomic E-state index is 12.8. The van der Waals surface area contributed by atoms with Gasteiger partial charge in [0.15, 0.2) is 17.1 Å². The summed E-state index contributed by atoms with van der Waals surface area (Å²) in [6.07, 6.45) is 6.31. The average Bonchev–Trinajstić information content (AvgIpc) is 3.61. The van der Waals surface area contributed by atoms with E-state index in [1.807, 2.05) is 24.3 Å². The second kappa shape index (κ2) is 10.7. The molecule has 2 N–H and O–H groups in total. The summed E-state index contributed by atoms with van der Waals surface area (Å²) in [5, 5.41) is 13.0. The highest BCUT2D eigenvalue weighted by Gasteiger charge is 2.26. The van der Waals surface area contributed by atoms with E-state index in [9.17, 15) is 4.79 Å². The van der Waals surface area contributed by atoms with E-state index in [4.69, 9.17) is 31.0 Å². The van der Waals surface area contributed by atoms with Crippen molar-refractivity contribution in [2.75, 3.05) is 12.1 Å². The summed E-state index contributed by atoms with van der Waals surface area (Å²) in [7, 11) is 0. The Balaban J connectivity index is 1.17. The Morgan fingerprint density at radius 1 is 1.08 bits per heavy atom. The molecule has 9 nitrogen and oxygen atoms in total. The average molecular weight is 547 g/mol. The van der Waals surface area contributed by atoms with E-state index in [0.29, 0.717) is 22.1 Å². The minimum absolute atomic E-state index is 0.0904. The smallest absolute Gasteiger partial charge is 0.251 e. The number of carbonyl (C=O) groups excluding carboxylic acids is 1. The van der Waals surface area contributed by atoms with Crippen molar-refractivity contribution in [1.82, 2.24) is 25.1 Å². The van der Waals surface area contributed by atoms with Crippen LogP contribution in [-0.4, -0.2) is 44.5 Å². The number of benzene rings is 2. The Morgan fingerprint density at radius 3 is 2.64 bits per heavy atom. The summed E-state index contributed by atoms with van der Waals surface area (Å²) in [5.41, 5.74) is 2.10. The number of aromatic nitrogens is 4. The second-order valence-electron chi connectivity index (χ2n) is 10.2. The van der Waals surface area contributed by atoms with Crippen LogP contribution < -0.4 is 20.1 Å². The van der Waals surface area contributed by atoms with Gasteiger partial charge < -0.3 is 20.1 Å². The number of fused-ring (bicyclic) bond motifs is 2. The quantitative estimate of drug-likeness (QED) is 0.299.